The van der Waals surface area contributed by atoms with Crippen molar-refractivity contribution in [2.24, 2.45) is 5.92 Å². The SMILES string of the molecule is CCCNC(c1c(Br)cnn1CC)C1CCCOC1. The minimum Gasteiger partial charge on any atom is -0.381 e. The van der Waals surface area contributed by atoms with E-state index in [1.54, 1.807) is 0 Å². The van der Waals surface area contributed by atoms with E-state index in [1.807, 2.05) is 6.20 Å². The molecule has 1 aromatic rings. The fraction of sp³-hybridized carbons (Fsp3) is 0.786. The standard InChI is InChI=1S/C14H24BrN3O/c1-3-7-16-13(11-6-5-8-19-10-11)14-12(15)9-17-18(14)4-2/h9,11,13,16H,3-8,10H2,1-2H3. The summed E-state index contributed by atoms with van der Waals surface area (Å²) in [6.45, 7) is 8.03. The lowest BCUT2D eigenvalue weighted by molar-refractivity contribution is 0.0375. The molecule has 0 spiro atoms. The van der Waals surface area contributed by atoms with Gasteiger partial charge in [-0.15, -0.1) is 0 Å². The van der Waals surface area contributed by atoms with Crippen molar-refractivity contribution < 1.29 is 4.74 Å². The van der Waals surface area contributed by atoms with E-state index in [4.69, 9.17) is 4.74 Å². The van der Waals surface area contributed by atoms with Gasteiger partial charge in [0.25, 0.3) is 0 Å². The van der Waals surface area contributed by atoms with Crippen molar-refractivity contribution in [2.45, 2.75) is 45.7 Å². The van der Waals surface area contributed by atoms with E-state index in [-0.39, 0.29) is 0 Å². The second kappa shape index (κ2) is 7.41. The predicted octanol–water partition coefficient (Wildman–Crippen LogP) is 3.13. The van der Waals surface area contributed by atoms with Crippen LogP contribution < -0.4 is 5.32 Å². The third-order valence-electron chi connectivity index (χ3n) is 3.71. The quantitative estimate of drug-likeness (QED) is 0.871. The molecule has 0 radical (unpaired) electrons. The van der Waals surface area contributed by atoms with Gasteiger partial charge in [0.2, 0.25) is 0 Å². The first-order chi connectivity index (χ1) is 9.27. The first kappa shape index (κ1) is 15.0. The van der Waals surface area contributed by atoms with E-state index < -0.39 is 0 Å². The topological polar surface area (TPSA) is 39.1 Å². The van der Waals surface area contributed by atoms with Crippen LogP contribution in [-0.2, 0) is 11.3 Å². The number of halogens is 1. The highest BCUT2D eigenvalue weighted by molar-refractivity contribution is 9.10. The summed E-state index contributed by atoms with van der Waals surface area (Å²) in [5.41, 5.74) is 1.27. The smallest absolute Gasteiger partial charge is 0.0699 e. The molecule has 0 bridgehead atoms. The van der Waals surface area contributed by atoms with E-state index in [0.29, 0.717) is 12.0 Å². The van der Waals surface area contributed by atoms with Crippen molar-refractivity contribution >= 4 is 15.9 Å². The van der Waals surface area contributed by atoms with Crippen LogP contribution in [0.3, 0.4) is 0 Å². The number of nitrogens with one attached hydrogen (secondary N) is 1. The van der Waals surface area contributed by atoms with E-state index in [9.17, 15) is 0 Å². The van der Waals surface area contributed by atoms with Gasteiger partial charge in [-0.2, -0.15) is 5.10 Å². The molecule has 2 heterocycles. The zero-order valence-electron chi connectivity index (χ0n) is 11.9. The van der Waals surface area contributed by atoms with Crippen molar-refractivity contribution in [2.75, 3.05) is 19.8 Å². The summed E-state index contributed by atoms with van der Waals surface area (Å²) >= 11 is 3.65. The number of hydrogen-bond acceptors (Lipinski definition) is 3. The summed E-state index contributed by atoms with van der Waals surface area (Å²) in [5, 5.41) is 8.13. The number of aromatic nitrogens is 2. The van der Waals surface area contributed by atoms with Crippen LogP contribution in [0.4, 0.5) is 0 Å². The Balaban J connectivity index is 2.22. The molecule has 19 heavy (non-hydrogen) atoms. The van der Waals surface area contributed by atoms with Gasteiger partial charge in [0.15, 0.2) is 0 Å². The van der Waals surface area contributed by atoms with Crippen LogP contribution in [0.1, 0.15) is 44.8 Å². The second-order valence-corrected chi connectivity index (χ2v) is 5.96. The van der Waals surface area contributed by atoms with Gasteiger partial charge in [0, 0.05) is 19.1 Å². The Morgan fingerprint density at radius 3 is 3.05 bits per heavy atom. The molecule has 5 heteroatoms. The highest BCUT2D eigenvalue weighted by atomic mass is 79.9. The van der Waals surface area contributed by atoms with E-state index in [0.717, 1.165) is 43.6 Å². The Labute approximate surface area is 124 Å². The van der Waals surface area contributed by atoms with Crippen molar-refractivity contribution in [1.82, 2.24) is 15.1 Å². The van der Waals surface area contributed by atoms with Crippen molar-refractivity contribution in [3.63, 3.8) is 0 Å². The Bertz CT molecular complexity index is 388. The lowest BCUT2D eigenvalue weighted by Crippen LogP contribution is -2.35. The number of aryl methyl sites for hydroxylation is 1. The minimum absolute atomic E-state index is 0.331. The summed E-state index contributed by atoms with van der Waals surface area (Å²) in [7, 11) is 0. The highest BCUT2D eigenvalue weighted by Crippen LogP contribution is 2.33. The van der Waals surface area contributed by atoms with Gasteiger partial charge in [-0.05, 0) is 48.7 Å². The molecule has 108 valence electrons. The first-order valence-corrected chi connectivity index (χ1v) is 8.09. The summed E-state index contributed by atoms with van der Waals surface area (Å²) in [4.78, 5) is 0. The molecule has 0 amide bonds. The second-order valence-electron chi connectivity index (χ2n) is 5.10. The van der Waals surface area contributed by atoms with Gasteiger partial charge >= 0.3 is 0 Å². The van der Waals surface area contributed by atoms with Gasteiger partial charge in [-0.3, -0.25) is 4.68 Å². The molecule has 0 saturated carbocycles. The van der Waals surface area contributed by atoms with E-state index in [2.05, 4.69) is 44.9 Å². The number of rotatable bonds is 6. The maximum absolute atomic E-state index is 5.67. The molecule has 2 atom stereocenters. The van der Waals surface area contributed by atoms with Gasteiger partial charge < -0.3 is 10.1 Å². The summed E-state index contributed by atoms with van der Waals surface area (Å²) in [6, 6.07) is 0.331. The van der Waals surface area contributed by atoms with Crippen LogP contribution >= 0.6 is 15.9 Å². The molecule has 4 nitrogen and oxygen atoms in total. The molecule has 1 aliphatic heterocycles. The van der Waals surface area contributed by atoms with Crippen LogP contribution in [-0.4, -0.2) is 29.5 Å². The monoisotopic (exact) mass is 329 g/mol. The lowest BCUT2D eigenvalue weighted by atomic mass is 9.91. The molecule has 2 rings (SSSR count). The fourth-order valence-corrected chi connectivity index (χ4v) is 3.29. The van der Waals surface area contributed by atoms with Crippen molar-refractivity contribution in [3.8, 4) is 0 Å². The van der Waals surface area contributed by atoms with Crippen molar-refractivity contribution in [1.29, 1.82) is 0 Å². The fourth-order valence-electron chi connectivity index (χ4n) is 2.75. The molecule has 1 aromatic heterocycles. The van der Waals surface area contributed by atoms with Crippen molar-refractivity contribution in [3.05, 3.63) is 16.4 Å². The molecule has 0 aliphatic carbocycles. The molecule has 1 aliphatic rings. The van der Waals surface area contributed by atoms with Crippen LogP contribution in [0.5, 0.6) is 0 Å². The number of hydrogen-bond donors (Lipinski definition) is 1. The molecule has 1 saturated heterocycles. The predicted molar refractivity (Wildman–Crippen MR) is 80.2 cm³/mol. The average Bonchev–Trinajstić information content (AvgIpc) is 2.82. The highest BCUT2D eigenvalue weighted by Gasteiger charge is 2.29. The Kier molecular flexibility index (Phi) is 5.85. The van der Waals surface area contributed by atoms with E-state index in [1.165, 1.54) is 12.1 Å². The first-order valence-electron chi connectivity index (χ1n) is 7.30. The average molecular weight is 330 g/mol. The third kappa shape index (κ3) is 3.58. The van der Waals surface area contributed by atoms with Gasteiger partial charge in [0.05, 0.1) is 29.0 Å². The normalized spacial score (nSPS) is 21.5. The Morgan fingerprint density at radius 2 is 2.42 bits per heavy atom. The molecule has 1 N–H and O–H groups in total. The minimum atomic E-state index is 0.331. The largest absolute Gasteiger partial charge is 0.381 e. The Morgan fingerprint density at radius 1 is 1.58 bits per heavy atom. The van der Waals surface area contributed by atoms with Gasteiger partial charge in [0.1, 0.15) is 0 Å². The summed E-state index contributed by atoms with van der Waals surface area (Å²) in [6.07, 6.45) is 5.43. The zero-order chi connectivity index (χ0) is 13.7. The van der Waals surface area contributed by atoms with Crippen LogP contribution in [0.25, 0.3) is 0 Å². The molecule has 1 fully saturated rings. The van der Waals surface area contributed by atoms with Crippen LogP contribution in [0.2, 0.25) is 0 Å². The molecular weight excluding hydrogens is 306 g/mol. The summed E-state index contributed by atoms with van der Waals surface area (Å²) < 4.78 is 8.86. The maximum Gasteiger partial charge on any atom is 0.0699 e. The molecular formula is C14H24BrN3O. The van der Waals surface area contributed by atoms with Crippen LogP contribution in [0, 0.1) is 5.92 Å². The number of nitrogens with zero attached hydrogens (tertiary/aromatic N) is 2. The third-order valence-corrected chi connectivity index (χ3v) is 4.32. The Hall–Kier alpha value is -0.390. The maximum atomic E-state index is 5.67. The van der Waals surface area contributed by atoms with Crippen LogP contribution in [0.15, 0.2) is 10.7 Å². The van der Waals surface area contributed by atoms with Gasteiger partial charge in [-0.1, -0.05) is 6.92 Å². The summed E-state index contributed by atoms with van der Waals surface area (Å²) in [5.74, 6) is 0.540. The number of ether oxygens (including phenoxy) is 1. The van der Waals surface area contributed by atoms with Gasteiger partial charge in [-0.25, -0.2) is 0 Å². The molecule has 0 aromatic carbocycles. The zero-order valence-corrected chi connectivity index (χ0v) is 13.4. The lowest BCUT2D eigenvalue weighted by Gasteiger charge is -2.31. The van der Waals surface area contributed by atoms with E-state index >= 15 is 0 Å². The molecule has 2 unspecified atom stereocenters.